The van der Waals surface area contributed by atoms with Crippen molar-refractivity contribution in [1.82, 2.24) is 15.6 Å². The average Bonchev–Trinajstić information content (AvgIpc) is 2.37. The van der Waals surface area contributed by atoms with Gasteiger partial charge in [-0.25, -0.2) is 9.37 Å². The van der Waals surface area contributed by atoms with Crippen molar-refractivity contribution in [3.05, 3.63) is 23.6 Å². The molecular weight excluding hydrogens is 239 g/mol. The molecule has 1 rings (SSSR count). The first-order valence-corrected chi connectivity index (χ1v) is 5.36. The molecule has 0 fully saturated rings. The van der Waals surface area contributed by atoms with Crippen LogP contribution in [-0.2, 0) is 4.79 Å². The van der Waals surface area contributed by atoms with Crippen LogP contribution in [0.25, 0.3) is 0 Å². The van der Waals surface area contributed by atoms with E-state index in [1.807, 2.05) is 0 Å². The third kappa shape index (κ3) is 2.93. The number of aromatic nitrogens is 1. The minimum atomic E-state index is -0.749. The second-order valence-corrected chi connectivity index (χ2v) is 3.58. The Morgan fingerprint density at radius 2 is 2.06 bits per heavy atom. The molecular formula is C11H15FN4O2. The summed E-state index contributed by atoms with van der Waals surface area (Å²) in [6.07, 6.45) is 1.31. The van der Waals surface area contributed by atoms with Crippen LogP contribution in [0.3, 0.4) is 0 Å². The molecule has 1 atom stereocenters. The summed E-state index contributed by atoms with van der Waals surface area (Å²) in [4.78, 5) is 26.7. The molecule has 0 aliphatic rings. The Labute approximate surface area is 104 Å². The highest BCUT2D eigenvalue weighted by Gasteiger charge is 2.19. The van der Waals surface area contributed by atoms with E-state index in [-0.39, 0.29) is 17.3 Å². The molecule has 0 aromatic carbocycles. The number of rotatable bonds is 4. The molecule has 1 aromatic rings. The van der Waals surface area contributed by atoms with Crippen LogP contribution >= 0.6 is 0 Å². The van der Waals surface area contributed by atoms with Crippen molar-refractivity contribution in [2.75, 3.05) is 19.4 Å². The van der Waals surface area contributed by atoms with Crippen LogP contribution in [0.1, 0.15) is 17.3 Å². The Balaban J connectivity index is 2.88. The lowest BCUT2D eigenvalue weighted by Crippen LogP contribution is -2.43. The molecule has 1 aromatic heterocycles. The summed E-state index contributed by atoms with van der Waals surface area (Å²) >= 11 is 0. The number of carbonyl (C=O) groups is 2. The predicted molar refractivity (Wildman–Crippen MR) is 64.7 cm³/mol. The highest BCUT2D eigenvalue weighted by molar-refractivity contribution is 5.98. The number of pyridine rings is 1. The van der Waals surface area contributed by atoms with Crippen LogP contribution in [-0.4, -0.2) is 36.9 Å². The average molecular weight is 254 g/mol. The molecule has 0 aliphatic carbocycles. The van der Waals surface area contributed by atoms with Gasteiger partial charge >= 0.3 is 0 Å². The smallest absolute Gasteiger partial charge is 0.255 e. The van der Waals surface area contributed by atoms with Crippen molar-refractivity contribution in [3.8, 4) is 0 Å². The minimum Gasteiger partial charge on any atom is -0.371 e. The van der Waals surface area contributed by atoms with E-state index in [2.05, 4.69) is 20.9 Å². The molecule has 0 saturated heterocycles. The molecule has 0 radical (unpaired) electrons. The summed E-state index contributed by atoms with van der Waals surface area (Å²) in [5.74, 6) is -1.79. The summed E-state index contributed by atoms with van der Waals surface area (Å²) in [5, 5.41) is 7.31. The molecule has 0 bridgehead atoms. The zero-order valence-corrected chi connectivity index (χ0v) is 10.4. The van der Waals surface area contributed by atoms with E-state index in [1.165, 1.54) is 33.3 Å². The topological polar surface area (TPSA) is 83.1 Å². The van der Waals surface area contributed by atoms with Gasteiger partial charge in [-0.1, -0.05) is 0 Å². The Bertz CT molecular complexity index is 464. The van der Waals surface area contributed by atoms with Crippen LogP contribution < -0.4 is 16.0 Å². The number of likely N-dealkylation sites (N-methyl/N-ethyl adjacent to an activating group) is 1. The van der Waals surface area contributed by atoms with Gasteiger partial charge in [-0.3, -0.25) is 9.59 Å². The van der Waals surface area contributed by atoms with Crippen molar-refractivity contribution in [2.45, 2.75) is 13.0 Å². The molecule has 98 valence electrons. The van der Waals surface area contributed by atoms with Gasteiger partial charge in [-0.2, -0.15) is 0 Å². The van der Waals surface area contributed by atoms with Gasteiger partial charge in [0.1, 0.15) is 6.04 Å². The zero-order chi connectivity index (χ0) is 13.7. The van der Waals surface area contributed by atoms with E-state index in [0.717, 1.165) is 0 Å². The number of nitrogens with one attached hydrogen (secondary N) is 3. The quantitative estimate of drug-likeness (QED) is 0.713. The molecule has 2 amide bonds. The standard InChI is InChI=1S/C11H15FN4O2/c1-6(10(17)14-3)16-11(18)7-4-5-15-9(13-2)8(7)12/h4-6H,1-3H3,(H,13,15)(H,14,17)(H,16,18). The minimum absolute atomic E-state index is 0.0183. The third-order valence-corrected chi connectivity index (χ3v) is 2.36. The van der Waals surface area contributed by atoms with Gasteiger partial charge in [-0.05, 0) is 13.0 Å². The zero-order valence-electron chi connectivity index (χ0n) is 10.4. The van der Waals surface area contributed by atoms with E-state index in [4.69, 9.17) is 0 Å². The molecule has 6 nitrogen and oxygen atoms in total. The second kappa shape index (κ2) is 5.95. The number of halogens is 1. The fourth-order valence-electron chi connectivity index (χ4n) is 1.35. The Morgan fingerprint density at radius 3 is 2.61 bits per heavy atom. The first kappa shape index (κ1) is 13.9. The monoisotopic (exact) mass is 254 g/mol. The summed E-state index contributed by atoms with van der Waals surface area (Å²) in [6.45, 7) is 1.51. The molecule has 0 aliphatic heterocycles. The number of carbonyl (C=O) groups excluding carboxylic acids is 2. The highest BCUT2D eigenvalue weighted by atomic mass is 19.1. The molecule has 7 heteroatoms. The van der Waals surface area contributed by atoms with Crippen molar-refractivity contribution < 1.29 is 14.0 Å². The maximum Gasteiger partial charge on any atom is 0.255 e. The highest BCUT2D eigenvalue weighted by Crippen LogP contribution is 2.14. The molecule has 18 heavy (non-hydrogen) atoms. The molecule has 0 saturated carbocycles. The largest absolute Gasteiger partial charge is 0.371 e. The van der Waals surface area contributed by atoms with E-state index < -0.39 is 17.8 Å². The van der Waals surface area contributed by atoms with Gasteiger partial charge in [0, 0.05) is 20.3 Å². The van der Waals surface area contributed by atoms with E-state index in [1.54, 1.807) is 0 Å². The van der Waals surface area contributed by atoms with Crippen LogP contribution in [0, 0.1) is 5.82 Å². The lowest BCUT2D eigenvalue weighted by molar-refractivity contribution is -0.122. The van der Waals surface area contributed by atoms with Gasteiger partial charge in [0.05, 0.1) is 5.56 Å². The Kier molecular flexibility index (Phi) is 4.59. The SMILES string of the molecule is CNC(=O)C(C)NC(=O)c1ccnc(NC)c1F. The first-order chi connectivity index (χ1) is 8.51. The normalized spacial score (nSPS) is 11.6. The summed E-state index contributed by atoms with van der Waals surface area (Å²) in [7, 11) is 2.96. The van der Waals surface area contributed by atoms with E-state index in [9.17, 15) is 14.0 Å². The van der Waals surface area contributed by atoms with Crippen molar-refractivity contribution in [3.63, 3.8) is 0 Å². The Morgan fingerprint density at radius 1 is 1.39 bits per heavy atom. The fourth-order valence-corrected chi connectivity index (χ4v) is 1.35. The van der Waals surface area contributed by atoms with E-state index >= 15 is 0 Å². The van der Waals surface area contributed by atoms with Gasteiger partial charge in [0.2, 0.25) is 5.91 Å². The number of hydrogen-bond donors (Lipinski definition) is 3. The Hall–Kier alpha value is -2.18. The number of nitrogens with zero attached hydrogens (tertiary/aromatic N) is 1. The molecule has 3 N–H and O–H groups in total. The van der Waals surface area contributed by atoms with Gasteiger partial charge in [0.15, 0.2) is 11.6 Å². The van der Waals surface area contributed by atoms with Crippen LogP contribution in [0.2, 0.25) is 0 Å². The van der Waals surface area contributed by atoms with Gasteiger partial charge in [0.25, 0.3) is 5.91 Å². The first-order valence-electron chi connectivity index (χ1n) is 5.36. The molecule has 1 heterocycles. The number of amides is 2. The molecule has 1 unspecified atom stereocenters. The summed E-state index contributed by atoms with van der Waals surface area (Å²) in [5.41, 5.74) is -0.162. The van der Waals surface area contributed by atoms with Crippen LogP contribution in [0.15, 0.2) is 12.3 Å². The van der Waals surface area contributed by atoms with Crippen LogP contribution in [0.5, 0.6) is 0 Å². The maximum absolute atomic E-state index is 13.8. The van der Waals surface area contributed by atoms with Crippen molar-refractivity contribution >= 4 is 17.6 Å². The van der Waals surface area contributed by atoms with Crippen molar-refractivity contribution in [1.29, 1.82) is 0 Å². The summed E-state index contributed by atoms with van der Waals surface area (Å²) < 4.78 is 13.8. The fraction of sp³-hybridized carbons (Fsp3) is 0.364. The summed E-state index contributed by atoms with van der Waals surface area (Å²) in [6, 6.07) is 0.510. The predicted octanol–water partition coefficient (Wildman–Crippen LogP) is 0.127. The third-order valence-electron chi connectivity index (χ3n) is 2.36. The number of hydrogen-bond acceptors (Lipinski definition) is 4. The van der Waals surface area contributed by atoms with Crippen LogP contribution in [0.4, 0.5) is 10.2 Å². The van der Waals surface area contributed by atoms with Gasteiger partial charge < -0.3 is 16.0 Å². The van der Waals surface area contributed by atoms with E-state index in [0.29, 0.717) is 0 Å². The maximum atomic E-state index is 13.8. The lowest BCUT2D eigenvalue weighted by atomic mass is 10.2. The number of anilines is 1. The second-order valence-electron chi connectivity index (χ2n) is 3.58. The van der Waals surface area contributed by atoms with Gasteiger partial charge in [-0.15, -0.1) is 0 Å². The lowest BCUT2D eigenvalue weighted by Gasteiger charge is -2.13. The van der Waals surface area contributed by atoms with Crippen molar-refractivity contribution in [2.24, 2.45) is 0 Å². The molecule has 0 spiro atoms.